The number of likely N-dealkylation sites (N-methyl/N-ethyl adjacent to an activating group) is 1. The molecule has 0 spiro atoms. The van der Waals surface area contributed by atoms with Gasteiger partial charge >= 0.3 is 0 Å². The van der Waals surface area contributed by atoms with Gasteiger partial charge in [-0.1, -0.05) is 12.2 Å². The number of nitro benzene ring substituents is 1. The summed E-state index contributed by atoms with van der Waals surface area (Å²) in [6, 6.07) is 4.61. The fraction of sp³-hybridized carbons (Fsp3) is 0.357. The molecule has 0 atom stereocenters. The first-order valence-corrected chi connectivity index (χ1v) is 7.39. The lowest BCUT2D eigenvalue weighted by Gasteiger charge is -2.21. The number of rotatable bonds is 6. The number of carbonyl (C=O) groups excluding carboxylic acids is 1. The molecule has 0 aliphatic rings. The molecule has 20 heavy (non-hydrogen) atoms. The number of nitrogens with zero attached hydrogens (tertiary/aromatic N) is 2. The van der Waals surface area contributed by atoms with E-state index in [9.17, 15) is 14.9 Å². The van der Waals surface area contributed by atoms with Gasteiger partial charge in [0, 0.05) is 24.1 Å². The van der Waals surface area contributed by atoms with Gasteiger partial charge in [0.05, 0.1) is 4.92 Å². The standard InChI is InChI=1S/C14H18N2O3S/c1-5-15(9-10(2)3)14(17)12-8-11(20-4)6-7-13(12)16(18)19/h6-8H,2,5,9H2,1,3-4H3. The summed E-state index contributed by atoms with van der Waals surface area (Å²) in [5, 5.41) is 11.1. The van der Waals surface area contributed by atoms with Crippen molar-refractivity contribution in [2.24, 2.45) is 0 Å². The van der Waals surface area contributed by atoms with E-state index >= 15 is 0 Å². The van der Waals surface area contributed by atoms with Crippen molar-refractivity contribution >= 4 is 23.4 Å². The quantitative estimate of drug-likeness (QED) is 0.349. The molecule has 1 rings (SSSR count). The van der Waals surface area contributed by atoms with E-state index in [0.717, 1.165) is 10.5 Å². The SMILES string of the molecule is C=C(C)CN(CC)C(=O)c1cc(SC)ccc1[N+](=O)[O-]. The Kier molecular flexibility index (Phi) is 5.76. The maximum atomic E-state index is 12.5. The lowest BCUT2D eigenvalue weighted by molar-refractivity contribution is -0.385. The maximum Gasteiger partial charge on any atom is 0.282 e. The molecule has 1 aromatic carbocycles. The van der Waals surface area contributed by atoms with Crippen LogP contribution in [0.15, 0.2) is 35.2 Å². The first-order chi connectivity index (χ1) is 9.40. The Bertz CT molecular complexity index is 543. The van der Waals surface area contributed by atoms with Crippen LogP contribution < -0.4 is 0 Å². The first-order valence-electron chi connectivity index (χ1n) is 6.16. The average Bonchev–Trinajstić information content (AvgIpc) is 2.42. The molecule has 0 aliphatic heterocycles. The van der Waals surface area contributed by atoms with E-state index in [1.165, 1.54) is 17.8 Å². The molecule has 0 aliphatic carbocycles. The van der Waals surface area contributed by atoms with E-state index in [-0.39, 0.29) is 17.2 Å². The Balaban J connectivity index is 3.23. The summed E-state index contributed by atoms with van der Waals surface area (Å²) in [6.45, 7) is 8.32. The molecule has 0 unspecified atom stereocenters. The summed E-state index contributed by atoms with van der Waals surface area (Å²) in [4.78, 5) is 25.4. The molecule has 0 saturated heterocycles. The molecule has 0 heterocycles. The lowest BCUT2D eigenvalue weighted by Crippen LogP contribution is -2.32. The van der Waals surface area contributed by atoms with Crippen molar-refractivity contribution < 1.29 is 9.72 Å². The van der Waals surface area contributed by atoms with Gasteiger partial charge < -0.3 is 4.90 Å². The maximum absolute atomic E-state index is 12.5. The number of nitro groups is 1. The van der Waals surface area contributed by atoms with E-state index in [1.807, 2.05) is 20.1 Å². The van der Waals surface area contributed by atoms with Gasteiger partial charge in [-0.25, -0.2) is 0 Å². The zero-order valence-electron chi connectivity index (χ0n) is 11.9. The Hall–Kier alpha value is -1.82. The average molecular weight is 294 g/mol. The largest absolute Gasteiger partial charge is 0.335 e. The smallest absolute Gasteiger partial charge is 0.282 e. The highest BCUT2D eigenvalue weighted by atomic mass is 32.2. The molecular weight excluding hydrogens is 276 g/mol. The molecule has 0 fully saturated rings. The minimum absolute atomic E-state index is 0.130. The van der Waals surface area contributed by atoms with Crippen molar-refractivity contribution in [3.8, 4) is 0 Å². The van der Waals surface area contributed by atoms with Crippen molar-refractivity contribution in [1.29, 1.82) is 0 Å². The van der Waals surface area contributed by atoms with Crippen LogP contribution in [0, 0.1) is 10.1 Å². The summed E-state index contributed by atoms with van der Waals surface area (Å²) in [7, 11) is 0. The van der Waals surface area contributed by atoms with Crippen molar-refractivity contribution in [1.82, 2.24) is 4.90 Å². The Morgan fingerprint density at radius 3 is 2.60 bits per heavy atom. The third kappa shape index (κ3) is 3.84. The molecule has 0 N–H and O–H groups in total. The molecule has 5 nitrogen and oxygen atoms in total. The van der Waals surface area contributed by atoms with Gasteiger partial charge in [-0.3, -0.25) is 14.9 Å². The summed E-state index contributed by atoms with van der Waals surface area (Å²) < 4.78 is 0. The number of hydrogen-bond donors (Lipinski definition) is 0. The second-order valence-corrected chi connectivity index (χ2v) is 5.30. The molecule has 0 radical (unpaired) electrons. The van der Waals surface area contributed by atoms with Gasteiger partial charge in [0.2, 0.25) is 0 Å². The molecule has 0 bridgehead atoms. The van der Waals surface area contributed by atoms with Crippen LogP contribution in [-0.4, -0.2) is 35.1 Å². The fourth-order valence-corrected chi connectivity index (χ4v) is 2.24. The predicted octanol–water partition coefficient (Wildman–Crippen LogP) is 3.35. The third-order valence-electron chi connectivity index (χ3n) is 2.76. The highest BCUT2D eigenvalue weighted by Gasteiger charge is 2.24. The van der Waals surface area contributed by atoms with Crippen molar-refractivity contribution in [2.45, 2.75) is 18.7 Å². The highest BCUT2D eigenvalue weighted by Crippen LogP contribution is 2.26. The zero-order valence-corrected chi connectivity index (χ0v) is 12.7. The molecule has 108 valence electrons. The molecule has 6 heteroatoms. The normalized spacial score (nSPS) is 10.2. The van der Waals surface area contributed by atoms with E-state index in [2.05, 4.69) is 6.58 Å². The summed E-state index contributed by atoms with van der Waals surface area (Å²) in [6.07, 6.45) is 1.86. The molecule has 0 aromatic heterocycles. The van der Waals surface area contributed by atoms with Gasteiger partial charge in [-0.05, 0) is 32.2 Å². The van der Waals surface area contributed by atoms with Crippen LogP contribution in [0.4, 0.5) is 5.69 Å². The molecule has 0 saturated carbocycles. The molecular formula is C14H18N2O3S. The van der Waals surface area contributed by atoms with Crippen LogP contribution in [-0.2, 0) is 0 Å². The van der Waals surface area contributed by atoms with Crippen LogP contribution >= 0.6 is 11.8 Å². The van der Waals surface area contributed by atoms with Crippen LogP contribution in [0.5, 0.6) is 0 Å². The van der Waals surface area contributed by atoms with Crippen LogP contribution in [0.2, 0.25) is 0 Å². The van der Waals surface area contributed by atoms with Crippen LogP contribution in [0.25, 0.3) is 0 Å². The van der Waals surface area contributed by atoms with Crippen molar-refractivity contribution in [3.63, 3.8) is 0 Å². The number of carbonyl (C=O) groups is 1. The third-order valence-corrected chi connectivity index (χ3v) is 3.49. The van der Waals surface area contributed by atoms with E-state index in [4.69, 9.17) is 0 Å². The Morgan fingerprint density at radius 1 is 1.50 bits per heavy atom. The Labute approximate surface area is 122 Å². The van der Waals surface area contributed by atoms with Gasteiger partial charge in [-0.2, -0.15) is 0 Å². The zero-order chi connectivity index (χ0) is 15.3. The molecule has 1 amide bonds. The second kappa shape index (κ2) is 7.09. The van der Waals surface area contributed by atoms with Gasteiger partial charge in [0.25, 0.3) is 11.6 Å². The van der Waals surface area contributed by atoms with Gasteiger partial charge in [-0.15, -0.1) is 11.8 Å². The van der Waals surface area contributed by atoms with Gasteiger partial charge in [0.1, 0.15) is 5.56 Å². The molecule has 1 aromatic rings. The number of hydrogen-bond acceptors (Lipinski definition) is 4. The first kappa shape index (κ1) is 16.2. The minimum Gasteiger partial charge on any atom is -0.335 e. The summed E-state index contributed by atoms with van der Waals surface area (Å²) >= 11 is 1.44. The van der Waals surface area contributed by atoms with E-state index in [0.29, 0.717) is 13.1 Å². The second-order valence-electron chi connectivity index (χ2n) is 4.42. The summed E-state index contributed by atoms with van der Waals surface area (Å²) in [5.74, 6) is -0.335. The number of benzene rings is 1. The van der Waals surface area contributed by atoms with Crippen molar-refractivity contribution in [3.05, 3.63) is 46.0 Å². The topological polar surface area (TPSA) is 63.5 Å². The predicted molar refractivity (Wildman–Crippen MR) is 81.3 cm³/mol. The van der Waals surface area contributed by atoms with E-state index < -0.39 is 4.92 Å². The fourth-order valence-electron chi connectivity index (χ4n) is 1.80. The summed E-state index contributed by atoms with van der Waals surface area (Å²) in [5.41, 5.74) is 0.807. The highest BCUT2D eigenvalue weighted by molar-refractivity contribution is 7.98. The van der Waals surface area contributed by atoms with Crippen LogP contribution in [0.3, 0.4) is 0 Å². The van der Waals surface area contributed by atoms with Gasteiger partial charge in [0.15, 0.2) is 0 Å². The minimum atomic E-state index is -0.522. The number of amides is 1. The Morgan fingerprint density at radius 2 is 2.15 bits per heavy atom. The monoisotopic (exact) mass is 294 g/mol. The van der Waals surface area contributed by atoms with E-state index in [1.54, 1.807) is 17.0 Å². The lowest BCUT2D eigenvalue weighted by atomic mass is 10.1. The van der Waals surface area contributed by atoms with Crippen molar-refractivity contribution in [2.75, 3.05) is 19.3 Å². The van der Waals surface area contributed by atoms with Crippen LogP contribution in [0.1, 0.15) is 24.2 Å². The number of thioether (sulfide) groups is 1.